The monoisotopic (exact) mass is 348 g/mol. The molecule has 1 aromatic rings. The normalized spacial score (nSPS) is 26.9. The van der Waals surface area contributed by atoms with Gasteiger partial charge in [-0.05, 0) is 68.8 Å². The van der Waals surface area contributed by atoms with E-state index in [1.807, 2.05) is 19.9 Å². The fraction of sp³-hybridized carbons (Fsp3) is 0.684. The first-order valence-electron chi connectivity index (χ1n) is 8.98. The third-order valence-corrected chi connectivity index (χ3v) is 6.37. The fourth-order valence-electron chi connectivity index (χ4n) is 4.75. The van der Waals surface area contributed by atoms with Crippen molar-refractivity contribution < 1.29 is 14.8 Å². The number of rotatable bonds is 3. The largest absolute Gasteiger partial charge is 0.490 e. The van der Waals surface area contributed by atoms with Gasteiger partial charge in [-0.1, -0.05) is 19.9 Å². The lowest BCUT2D eigenvalue weighted by Crippen LogP contribution is -2.54. The summed E-state index contributed by atoms with van der Waals surface area (Å²) in [5.41, 5.74) is -0.346. The minimum atomic E-state index is -1.22. The molecule has 0 radical (unpaired) electrons. The number of aryl methyl sites for hydroxylation is 1. The molecule has 3 rings (SSSR count). The molecule has 1 aliphatic heterocycles. The molecule has 25 heavy (non-hydrogen) atoms. The highest BCUT2D eigenvalue weighted by Gasteiger charge is 2.56. The molecule has 0 amide bonds. The summed E-state index contributed by atoms with van der Waals surface area (Å²) in [4.78, 5) is 13.7. The van der Waals surface area contributed by atoms with E-state index in [1.165, 1.54) is 7.11 Å². The molecule has 1 aromatic carbocycles. The van der Waals surface area contributed by atoms with E-state index in [1.54, 1.807) is 6.07 Å². The number of likely N-dealkylation sites (tertiary alicyclic amines) is 1. The van der Waals surface area contributed by atoms with Crippen LogP contribution in [0.2, 0.25) is 0 Å². The van der Waals surface area contributed by atoms with E-state index in [4.69, 9.17) is 4.74 Å². The van der Waals surface area contributed by atoms with Crippen molar-refractivity contribution in [1.82, 2.24) is 4.90 Å². The molecule has 1 atom stereocenters. The van der Waals surface area contributed by atoms with Gasteiger partial charge < -0.3 is 14.7 Å². The summed E-state index contributed by atoms with van der Waals surface area (Å²) in [5.74, 6) is 0.233. The van der Waals surface area contributed by atoms with Crippen LogP contribution in [-0.4, -0.2) is 42.2 Å². The molecule has 2 aliphatic rings. The minimum Gasteiger partial charge on any atom is -0.490 e. The van der Waals surface area contributed by atoms with Gasteiger partial charge in [0.1, 0.15) is 5.60 Å². The first-order valence-corrected chi connectivity index (χ1v) is 8.98. The van der Waals surface area contributed by atoms with Gasteiger partial charge in [-0.15, -0.1) is 0 Å². The highest BCUT2D eigenvalue weighted by atomic mass is 16.6. The molecule has 0 aromatic heterocycles. The van der Waals surface area contributed by atoms with Crippen molar-refractivity contribution in [2.75, 3.05) is 27.2 Å². The summed E-state index contributed by atoms with van der Waals surface area (Å²) in [6, 6.07) is 3.54. The molecular weight excluding hydrogens is 320 g/mol. The van der Waals surface area contributed by atoms with Crippen molar-refractivity contribution in [2.45, 2.75) is 45.1 Å². The number of aliphatic hydroxyl groups is 1. The Hall–Kier alpha value is -1.66. The summed E-state index contributed by atoms with van der Waals surface area (Å²) in [5, 5.41) is 23.9. The average Bonchev–Trinajstić information content (AvgIpc) is 2.57. The van der Waals surface area contributed by atoms with Crippen LogP contribution in [0.3, 0.4) is 0 Å². The van der Waals surface area contributed by atoms with Crippen molar-refractivity contribution >= 4 is 5.69 Å². The molecule has 1 N–H and O–H groups in total. The molecule has 1 fully saturated rings. The van der Waals surface area contributed by atoms with E-state index < -0.39 is 11.0 Å². The van der Waals surface area contributed by atoms with E-state index in [0.717, 1.165) is 44.3 Å². The number of hydrogen-bond acceptors (Lipinski definition) is 5. The molecule has 0 spiro atoms. The van der Waals surface area contributed by atoms with Crippen LogP contribution >= 0.6 is 0 Å². The first-order chi connectivity index (χ1) is 11.7. The van der Waals surface area contributed by atoms with Gasteiger partial charge in [0.25, 0.3) is 0 Å². The Morgan fingerprint density at radius 1 is 1.32 bits per heavy atom. The number of nitrogens with zero attached hydrogens (tertiary/aromatic N) is 2. The number of methoxy groups -OCH3 is 1. The van der Waals surface area contributed by atoms with E-state index in [2.05, 4.69) is 11.9 Å². The van der Waals surface area contributed by atoms with Crippen molar-refractivity contribution in [3.8, 4) is 5.75 Å². The number of hydrogen-bond donors (Lipinski definition) is 1. The van der Waals surface area contributed by atoms with Gasteiger partial charge in [0.2, 0.25) is 0 Å². The van der Waals surface area contributed by atoms with Crippen molar-refractivity contribution in [1.29, 1.82) is 0 Å². The highest BCUT2D eigenvalue weighted by Crippen LogP contribution is 2.58. The zero-order chi connectivity index (χ0) is 18.4. The van der Waals surface area contributed by atoms with Gasteiger partial charge in [-0.25, -0.2) is 0 Å². The zero-order valence-corrected chi connectivity index (χ0v) is 15.5. The van der Waals surface area contributed by atoms with Crippen LogP contribution in [0, 0.1) is 21.4 Å². The maximum Gasteiger partial charge on any atom is 0.317 e. The zero-order valence-electron chi connectivity index (χ0n) is 15.5. The number of ether oxygens (including phenoxy) is 1. The Kier molecular flexibility index (Phi) is 4.54. The standard InChI is InChI=1S/C19H28N2O4/c1-18(2)10-7-13-5-6-15(25-4)17(21(23)24)16(13)19(18,22)14-8-11-20(3)12-9-14/h5-6,14,22H,7-12H2,1-4H3. The Labute approximate surface area is 148 Å². The topological polar surface area (TPSA) is 75.8 Å². The highest BCUT2D eigenvalue weighted by molar-refractivity contribution is 5.60. The molecule has 6 heteroatoms. The molecule has 6 nitrogen and oxygen atoms in total. The van der Waals surface area contributed by atoms with Crippen molar-refractivity contribution in [3.05, 3.63) is 33.4 Å². The lowest BCUT2D eigenvalue weighted by molar-refractivity contribution is -0.388. The lowest BCUT2D eigenvalue weighted by Gasteiger charge is -2.53. The summed E-state index contributed by atoms with van der Waals surface area (Å²) >= 11 is 0. The molecule has 0 saturated carbocycles. The summed E-state index contributed by atoms with van der Waals surface area (Å²) in [6.07, 6.45) is 3.23. The third-order valence-electron chi connectivity index (χ3n) is 6.37. The van der Waals surface area contributed by atoms with Crippen LogP contribution in [0.5, 0.6) is 5.75 Å². The van der Waals surface area contributed by atoms with Crippen LogP contribution in [0.4, 0.5) is 5.69 Å². The van der Waals surface area contributed by atoms with Crippen LogP contribution in [-0.2, 0) is 12.0 Å². The maximum absolute atomic E-state index is 12.0. The van der Waals surface area contributed by atoms with Crippen LogP contribution in [0.15, 0.2) is 12.1 Å². The van der Waals surface area contributed by atoms with Crippen LogP contribution in [0.25, 0.3) is 0 Å². The average molecular weight is 348 g/mol. The number of piperidine rings is 1. The molecule has 138 valence electrons. The number of fused-ring (bicyclic) bond motifs is 1. The second-order valence-corrected chi connectivity index (χ2v) is 8.14. The smallest absolute Gasteiger partial charge is 0.317 e. The van der Waals surface area contributed by atoms with Gasteiger partial charge in [-0.2, -0.15) is 0 Å². The predicted molar refractivity (Wildman–Crippen MR) is 95.9 cm³/mol. The van der Waals surface area contributed by atoms with Gasteiger partial charge in [0.15, 0.2) is 5.75 Å². The van der Waals surface area contributed by atoms with E-state index in [9.17, 15) is 15.2 Å². The minimum absolute atomic E-state index is 0.00329. The van der Waals surface area contributed by atoms with Gasteiger partial charge >= 0.3 is 5.69 Å². The van der Waals surface area contributed by atoms with Gasteiger partial charge in [0.05, 0.1) is 17.6 Å². The summed E-state index contributed by atoms with van der Waals surface area (Å²) in [6.45, 7) is 5.88. The van der Waals surface area contributed by atoms with E-state index in [-0.39, 0.29) is 22.3 Å². The summed E-state index contributed by atoms with van der Waals surface area (Å²) < 4.78 is 5.28. The summed E-state index contributed by atoms with van der Waals surface area (Å²) in [7, 11) is 3.52. The Bertz CT molecular complexity index is 680. The second-order valence-electron chi connectivity index (χ2n) is 8.14. The third kappa shape index (κ3) is 2.72. The van der Waals surface area contributed by atoms with Crippen molar-refractivity contribution in [2.24, 2.45) is 11.3 Å². The Balaban J connectivity index is 2.23. The molecule has 1 saturated heterocycles. The van der Waals surface area contributed by atoms with E-state index >= 15 is 0 Å². The quantitative estimate of drug-likeness (QED) is 0.671. The van der Waals surface area contributed by atoms with Gasteiger partial charge in [0, 0.05) is 0 Å². The molecule has 1 aliphatic carbocycles. The number of nitro benzene ring substituents is 1. The van der Waals surface area contributed by atoms with Crippen LogP contribution in [0.1, 0.15) is 44.2 Å². The molecule has 1 heterocycles. The lowest BCUT2D eigenvalue weighted by atomic mass is 9.56. The van der Waals surface area contributed by atoms with E-state index in [0.29, 0.717) is 5.56 Å². The fourth-order valence-corrected chi connectivity index (χ4v) is 4.75. The maximum atomic E-state index is 12.0. The first kappa shape index (κ1) is 18.1. The molecule has 0 bridgehead atoms. The van der Waals surface area contributed by atoms with Gasteiger partial charge in [-0.3, -0.25) is 10.1 Å². The SMILES string of the molecule is COc1ccc2c(c1[N+](=O)[O-])C(O)(C1CCN(C)CC1)C(C)(C)CC2. The molecular formula is C19H28N2O4. The number of nitro groups is 1. The van der Waals surface area contributed by atoms with Crippen molar-refractivity contribution in [3.63, 3.8) is 0 Å². The second kappa shape index (κ2) is 6.25. The Morgan fingerprint density at radius 2 is 1.96 bits per heavy atom. The molecule has 1 unspecified atom stereocenters. The Morgan fingerprint density at radius 3 is 2.52 bits per heavy atom. The van der Waals surface area contributed by atoms with Crippen LogP contribution < -0.4 is 4.74 Å². The number of benzene rings is 1. The predicted octanol–water partition coefficient (Wildman–Crippen LogP) is 3.11.